The van der Waals surface area contributed by atoms with E-state index >= 15 is 0 Å². The standard InChI is InChI=1S/C25H35N/c1-4-8-20-12-14-21(15-13-20)19(3)25-18-26-17-16-24(25)23-11-7-6-10-22(23)9-5-2/h6-7,10-11,16-21H,4-5,8-9,12-15H2,1-3H3. The van der Waals surface area contributed by atoms with Crippen LogP contribution in [0.3, 0.4) is 0 Å². The molecule has 1 saturated carbocycles. The molecule has 1 fully saturated rings. The first-order valence-electron chi connectivity index (χ1n) is 10.8. The second-order valence-electron chi connectivity index (χ2n) is 8.23. The Labute approximate surface area is 160 Å². The zero-order valence-electron chi connectivity index (χ0n) is 16.9. The third-order valence-corrected chi connectivity index (χ3v) is 6.46. The number of rotatable bonds is 7. The Bertz CT molecular complexity index is 682. The Hall–Kier alpha value is -1.63. The minimum absolute atomic E-state index is 0.593. The Morgan fingerprint density at radius 3 is 2.46 bits per heavy atom. The van der Waals surface area contributed by atoms with Gasteiger partial charge in [-0.1, -0.05) is 77.1 Å². The number of aromatic nitrogens is 1. The molecule has 0 spiro atoms. The van der Waals surface area contributed by atoms with Crippen molar-refractivity contribution in [2.75, 3.05) is 0 Å². The van der Waals surface area contributed by atoms with Crippen LogP contribution < -0.4 is 0 Å². The van der Waals surface area contributed by atoms with E-state index < -0.39 is 0 Å². The summed E-state index contributed by atoms with van der Waals surface area (Å²) in [7, 11) is 0. The highest BCUT2D eigenvalue weighted by Crippen LogP contribution is 2.42. The zero-order valence-corrected chi connectivity index (χ0v) is 16.9. The average Bonchev–Trinajstić information content (AvgIpc) is 2.69. The predicted octanol–water partition coefficient (Wildman–Crippen LogP) is 7.41. The van der Waals surface area contributed by atoms with Crippen molar-refractivity contribution in [3.8, 4) is 11.1 Å². The van der Waals surface area contributed by atoms with Crippen LogP contribution in [0.15, 0.2) is 42.7 Å². The third-order valence-electron chi connectivity index (χ3n) is 6.46. The number of aryl methyl sites for hydroxylation is 1. The number of hydrogen-bond acceptors (Lipinski definition) is 1. The number of nitrogens with zero attached hydrogens (tertiary/aromatic N) is 1. The van der Waals surface area contributed by atoms with Crippen molar-refractivity contribution in [2.45, 2.75) is 78.1 Å². The third kappa shape index (κ3) is 4.37. The van der Waals surface area contributed by atoms with Gasteiger partial charge in [0.25, 0.3) is 0 Å². The van der Waals surface area contributed by atoms with Crippen LogP contribution in [0.4, 0.5) is 0 Å². The molecule has 0 amide bonds. The van der Waals surface area contributed by atoms with Crippen LogP contribution in [0.2, 0.25) is 0 Å². The maximum atomic E-state index is 4.51. The SMILES string of the molecule is CCCc1ccccc1-c1ccncc1C(C)C1CCC(CCC)CC1. The average molecular weight is 350 g/mol. The van der Waals surface area contributed by atoms with Gasteiger partial charge in [0.1, 0.15) is 0 Å². The lowest BCUT2D eigenvalue weighted by atomic mass is 9.72. The van der Waals surface area contributed by atoms with Gasteiger partial charge in [-0.15, -0.1) is 0 Å². The largest absolute Gasteiger partial charge is 0.264 e. The Morgan fingerprint density at radius 2 is 1.73 bits per heavy atom. The highest BCUT2D eigenvalue weighted by Gasteiger charge is 2.27. The van der Waals surface area contributed by atoms with Crippen molar-refractivity contribution in [3.63, 3.8) is 0 Å². The van der Waals surface area contributed by atoms with E-state index in [2.05, 4.69) is 62.3 Å². The predicted molar refractivity (Wildman–Crippen MR) is 112 cm³/mol. The van der Waals surface area contributed by atoms with Gasteiger partial charge in [-0.25, -0.2) is 0 Å². The topological polar surface area (TPSA) is 12.9 Å². The van der Waals surface area contributed by atoms with Gasteiger partial charge in [0, 0.05) is 12.4 Å². The fraction of sp³-hybridized carbons (Fsp3) is 0.560. The van der Waals surface area contributed by atoms with E-state index in [0.29, 0.717) is 5.92 Å². The lowest BCUT2D eigenvalue weighted by Crippen LogP contribution is -2.19. The maximum absolute atomic E-state index is 4.51. The lowest BCUT2D eigenvalue weighted by molar-refractivity contribution is 0.239. The molecule has 1 heterocycles. The summed E-state index contributed by atoms with van der Waals surface area (Å²) in [5.74, 6) is 2.38. The summed E-state index contributed by atoms with van der Waals surface area (Å²) in [5, 5.41) is 0. The number of hydrogen-bond donors (Lipinski definition) is 0. The van der Waals surface area contributed by atoms with E-state index in [1.165, 1.54) is 67.2 Å². The quantitative estimate of drug-likeness (QED) is 0.507. The highest BCUT2D eigenvalue weighted by atomic mass is 14.6. The molecule has 140 valence electrons. The van der Waals surface area contributed by atoms with Gasteiger partial charge in [0.05, 0.1) is 0 Å². The first-order chi connectivity index (χ1) is 12.7. The van der Waals surface area contributed by atoms with Gasteiger partial charge in [-0.3, -0.25) is 4.98 Å². The van der Waals surface area contributed by atoms with E-state index in [4.69, 9.17) is 0 Å². The molecule has 1 nitrogen and oxygen atoms in total. The summed E-state index contributed by atoms with van der Waals surface area (Å²) < 4.78 is 0. The molecule has 0 bridgehead atoms. The van der Waals surface area contributed by atoms with Crippen LogP contribution >= 0.6 is 0 Å². The van der Waals surface area contributed by atoms with E-state index in [1.807, 2.05) is 6.20 Å². The minimum atomic E-state index is 0.593. The lowest BCUT2D eigenvalue weighted by Gasteiger charge is -2.33. The van der Waals surface area contributed by atoms with Gasteiger partial charge >= 0.3 is 0 Å². The smallest absolute Gasteiger partial charge is 0.0308 e. The van der Waals surface area contributed by atoms with Crippen molar-refractivity contribution in [1.29, 1.82) is 0 Å². The molecule has 0 saturated heterocycles. The second-order valence-corrected chi connectivity index (χ2v) is 8.23. The van der Waals surface area contributed by atoms with Crippen LogP contribution in [-0.2, 0) is 6.42 Å². The Balaban J connectivity index is 1.84. The highest BCUT2D eigenvalue weighted by molar-refractivity contribution is 5.71. The Morgan fingerprint density at radius 1 is 0.962 bits per heavy atom. The molecular weight excluding hydrogens is 314 g/mol. The van der Waals surface area contributed by atoms with Crippen molar-refractivity contribution in [3.05, 3.63) is 53.9 Å². The molecule has 1 aromatic carbocycles. The van der Waals surface area contributed by atoms with E-state index in [1.54, 1.807) is 0 Å². The molecule has 1 heteroatoms. The monoisotopic (exact) mass is 349 g/mol. The normalized spacial score (nSPS) is 21.5. The van der Waals surface area contributed by atoms with Crippen LogP contribution in [-0.4, -0.2) is 4.98 Å². The van der Waals surface area contributed by atoms with Crippen molar-refractivity contribution in [1.82, 2.24) is 4.98 Å². The fourth-order valence-electron chi connectivity index (χ4n) is 4.92. The second kappa shape index (κ2) is 9.35. The summed E-state index contributed by atoms with van der Waals surface area (Å²) in [4.78, 5) is 4.51. The fourth-order valence-corrected chi connectivity index (χ4v) is 4.92. The minimum Gasteiger partial charge on any atom is -0.264 e. The molecule has 3 rings (SSSR count). The van der Waals surface area contributed by atoms with Gasteiger partial charge in [-0.2, -0.15) is 0 Å². The molecule has 1 aromatic heterocycles. The summed E-state index contributed by atoms with van der Waals surface area (Å²) in [6.45, 7) is 7.03. The Kier molecular flexibility index (Phi) is 6.88. The zero-order chi connectivity index (χ0) is 18.4. The molecule has 26 heavy (non-hydrogen) atoms. The van der Waals surface area contributed by atoms with Crippen molar-refractivity contribution < 1.29 is 0 Å². The molecule has 2 aromatic rings. The van der Waals surface area contributed by atoms with Crippen molar-refractivity contribution >= 4 is 0 Å². The first-order valence-corrected chi connectivity index (χ1v) is 10.8. The summed E-state index contributed by atoms with van der Waals surface area (Å²) in [6, 6.07) is 11.2. The van der Waals surface area contributed by atoms with Gasteiger partial charge in [0.15, 0.2) is 0 Å². The molecule has 0 aliphatic heterocycles. The molecular formula is C25H35N. The first kappa shape index (κ1) is 19.1. The van der Waals surface area contributed by atoms with Crippen LogP contribution in [0.1, 0.15) is 82.8 Å². The maximum Gasteiger partial charge on any atom is 0.0308 e. The molecule has 1 unspecified atom stereocenters. The van der Waals surface area contributed by atoms with E-state index in [9.17, 15) is 0 Å². The van der Waals surface area contributed by atoms with Crippen LogP contribution in [0.25, 0.3) is 11.1 Å². The van der Waals surface area contributed by atoms with Crippen molar-refractivity contribution in [2.24, 2.45) is 11.8 Å². The molecule has 1 aliphatic carbocycles. The summed E-state index contributed by atoms with van der Waals surface area (Å²) in [6.07, 6.45) is 14.8. The van der Waals surface area contributed by atoms with Crippen LogP contribution in [0.5, 0.6) is 0 Å². The van der Waals surface area contributed by atoms with Gasteiger partial charge < -0.3 is 0 Å². The van der Waals surface area contributed by atoms with Crippen LogP contribution in [0, 0.1) is 11.8 Å². The van der Waals surface area contributed by atoms with Gasteiger partial charge in [-0.05, 0) is 65.3 Å². The van der Waals surface area contributed by atoms with Gasteiger partial charge in [0.2, 0.25) is 0 Å². The molecule has 0 radical (unpaired) electrons. The summed E-state index contributed by atoms with van der Waals surface area (Å²) in [5.41, 5.74) is 5.75. The molecule has 1 aliphatic rings. The van der Waals surface area contributed by atoms with E-state index in [-0.39, 0.29) is 0 Å². The molecule has 1 atom stereocenters. The van der Waals surface area contributed by atoms with E-state index in [0.717, 1.165) is 18.3 Å². The number of pyridine rings is 1. The summed E-state index contributed by atoms with van der Waals surface area (Å²) >= 11 is 0. The number of benzene rings is 1. The molecule has 0 N–H and O–H groups in total.